The highest BCUT2D eigenvalue weighted by molar-refractivity contribution is 9.10. The second kappa shape index (κ2) is 5.66. The minimum atomic E-state index is -0.162. The summed E-state index contributed by atoms with van der Waals surface area (Å²) >= 11 is 3.53. The zero-order valence-electron chi connectivity index (χ0n) is 11.2. The molecule has 0 aromatic heterocycles. The number of benzene rings is 2. The van der Waals surface area contributed by atoms with E-state index in [1.54, 1.807) is 12.1 Å². The van der Waals surface area contributed by atoms with Crippen LogP contribution in [0.3, 0.4) is 0 Å². The lowest BCUT2D eigenvalue weighted by molar-refractivity contribution is 0.166. The molecule has 104 valence electrons. The first-order valence-corrected chi connectivity index (χ1v) is 7.65. The fourth-order valence-corrected chi connectivity index (χ4v) is 3.29. The highest BCUT2D eigenvalue weighted by atomic mass is 79.9. The zero-order valence-corrected chi connectivity index (χ0v) is 12.8. The molecule has 0 aliphatic carbocycles. The lowest BCUT2D eigenvalue weighted by Gasteiger charge is -2.43. The Morgan fingerprint density at radius 1 is 1.05 bits per heavy atom. The van der Waals surface area contributed by atoms with Gasteiger partial charge in [-0.1, -0.05) is 46.3 Å². The average Bonchev–Trinajstić information content (AvgIpc) is 2.41. The van der Waals surface area contributed by atoms with E-state index in [-0.39, 0.29) is 11.2 Å². The predicted octanol–water partition coefficient (Wildman–Crippen LogP) is 3.96. The zero-order chi connectivity index (χ0) is 14.0. The first kappa shape index (κ1) is 13.8. The van der Waals surface area contributed by atoms with Crippen molar-refractivity contribution in [3.8, 4) is 0 Å². The molecular weight excluding hydrogens is 317 g/mol. The van der Waals surface area contributed by atoms with E-state index in [0.717, 1.165) is 36.0 Å². The van der Waals surface area contributed by atoms with E-state index < -0.39 is 0 Å². The summed E-state index contributed by atoms with van der Waals surface area (Å²) in [6, 6.07) is 15.5. The smallest absolute Gasteiger partial charge is 0.123 e. The molecule has 1 N–H and O–H groups in total. The van der Waals surface area contributed by atoms with Crippen LogP contribution in [0.1, 0.15) is 11.1 Å². The number of hydrogen-bond acceptors (Lipinski definition) is 1. The number of nitrogens with one attached hydrogen (secondary N) is 1. The molecule has 1 fully saturated rings. The summed E-state index contributed by atoms with van der Waals surface area (Å²) in [4.78, 5) is 0. The Kier molecular flexibility index (Phi) is 3.90. The summed E-state index contributed by atoms with van der Waals surface area (Å²) in [6.07, 6.45) is 1.93. The largest absolute Gasteiger partial charge is 0.315 e. The standard InChI is InChI=1S/C17H17BrFN/c18-16-7-6-15(19)8-14(16)10-17(11-20-12-17)9-13-4-2-1-3-5-13/h1-8,20H,9-12H2. The van der Waals surface area contributed by atoms with Gasteiger partial charge in [-0.25, -0.2) is 4.39 Å². The van der Waals surface area contributed by atoms with E-state index in [1.807, 2.05) is 6.07 Å². The summed E-state index contributed by atoms with van der Waals surface area (Å²) in [7, 11) is 0. The van der Waals surface area contributed by atoms with Crippen molar-refractivity contribution in [2.75, 3.05) is 13.1 Å². The van der Waals surface area contributed by atoms with Crippen molar-refractivity contribution >= 4 is 15.9 Å². The molecule has 0 unspecified atom stereocenters. The van der Waals surface area contributed by atoms with Gasteiger partial charge >= 0.3 is 0 Å². The molecule has 1 saturated heterocycles. The van der Waals surface area contributed by atoms with Gasteiger partial charge in [-0.15, -0.1) is 0 Å². The predicted molar refractivity (Wildman–Crippen MR) is 83.3 cm³/mol. The summed E-state index contributed by atoms with van der Waals surface area (Å²) in [5.41, 5.74) is 2.61. The van der Waals surface area contributed by atoms with Gasteiger partial charge in [0.15, 0.2) is 0 Å². The van der Waals surface area contributed by atoms with Crippen LogP contribution in [0.15, 0.2) is 53.0 Å². The molecule has 3 rings (SSSR count). The minimum absolute atomic E-state index is 0.162. The monoisotopic (exact) mass is 333 g/mol. The van der Waals surface area contributed by atoms with Crippen LogP contribution in [-0.4, -0.2) is 13.1 Å². The second-order valence-electron chi connectivity index (χ2n) is 5.68. The lowest BCUT2D eigenvalue weighted by atomic mass is 9.72. The third-order valence-corrected chi connectivity index (χ3v) is 4.77. The highest BCUT2D eigenvalue weighted by Crippen LogP contribution is 2.34. The Balaban J connectivity index is 1.81. The lowest BCUT2D eigenvalue weighted by Crippen LogP contribution is -2.56. The van der Waals surface area contributed by atoms with Crippen molar-refractivity contribution in [2.45, 2.75) is 12.8 Å². The van der Waals surface area contributed by atoms with E-state index in [9.17, 15) is 4.39 Å². The van der Waals surface area contributed by atoms with Crippen molar-refractivity contribution in [1.82, 2.24) is 5.32 Å². The van der Waals surface area contributed by atoms with Crippen LogP contribution in [-0.2, 0) is 12.8 Å². The van der Waals surface area contributed by atoms with Gasteiger partial charge in [0, 0.05) is 23.0 Å². The molecule has 0 bridgehead atoms. The molecule has 1 heterocycles. The van der Waals surface area contributed by atoms with Crippen molar-refractivity contribution in [2.24, 2.45) is 5.41 Å². The van der Waals surface area contributed by atoms with Crippen LogP contribution in [0.5, 0.6) is 0 Å². The van der Waals surface area contributed by atoms with E-state index >= 15 is 0 Å². The summed E-state index contributed by atoms with van der Waals surface area (Å²) in [5.74, 6) is -0.162. The van der Waals surface area contributed by atoms with Gasteiger partial charge in [0.25, 0.3) is 0 Å². The Bertz CT molecular complexity index is 593. The van der Waals surface area contributed by atoms with Gasteiger partial charge in [0.2, 0.25) is 0 Å². The molecule has 2 aromatic rings. The third-order valence-electron chi connectivity index (χ3n) is 4.00. The molecule has 0 atom stereocenters. The maximum absolute atomic E-state index is 13.4. The SMILES string of the molecule is Fc1ccc(Br)c(CC2(Cc3ccccc3)CNC2)c1. The molecule has 0 radical (unpaired) electrons. The fourth-order valence-electron chi connectivity index (χ4n) is 2.90. The van der Waals surface area contributed by atoms with Crippen molar-refractivity contribution in [1.29, 1.82) is 0 Å². The fraction of sp³-hybridized carbons (Fsp3) is 0.294. The third kappa shape index (κ3) is 2.94. The van der Waals surface area contributed by atoms with E-state index in [0.29, 0.717) is 0 Å². The number of halogens is 2. The molecule has 3 heteroatoms. The molecule has 1 aliphatic heterocycles. The normalized spacial score (nSPS) is 16.7. The maximum atomic E-state index is 13.4. The van der Waals surface area contributed by atoms with Crippen LogP contribution in [0.4, 0.5) is 4.39 Å². The molecule has 2 aromatic carbocycles. The highest BCUT2D eigenvalue weighted by Gasteiger charge is 2.37. The van der Waals surface area contributed by atoms with Crippen molar-refractivity contribution < 1.29 is 4.39 Å². The molecule has 1 nitrogen and oxygen atoms in total. The van der Waals surface area contributed by atoms with Crippen LogP contribution in [0, 0.1) is 11.2 Å². The average molecular weight is 334 g/mol. The molecule has 0 spiro atoms. The maximum Gasteiger partial charge on any atom is 0.123 e. The summed E-state index contributed by atoms with van der Waals surface area (Å²) < 4.78 is 14.4. The van der Waals surface area contributed by atoms with E-state index in [4.69, 9.17) is 0 Å². The number of hydrogen-bond donors (Lipinski definition) is 1. The van der Waals surface area contributed by atoms with Crippen LogP contribution in [0.2, 0.25) is 0 Å². The molecular formula is C17H17BrFN. The molecule has 20 heavy (non-hydrogen) atoms. The minimum Gasteiger partial charge on any atom is -0.315 e. The Morgan fingerprint density at radius 3 is 2.45 bits per heavy atom. The van der Waals surface area contributed by atoms with Gasteiger partial charge in [-0.3, -0.25) is 0 Å². The van der Waals surface area contributed by atoms with Crippen molar-refractivity contribution in [3.05, 3.63) is 69.9 Å². The van der Waals surface area contributed by atoms with Crippen LogP contribution in [0.25, 0.3) is 0 Å². The topological polar surface area (TPSA) is 12.0 Å². The molecule has 1 aliphatic rings. The van der Waals surface area contributed by atoms with Gasteiger partial charge in [0.1, 0.15) is 5.82 Å². The number of rotatable bonds is 4. The van der Waals surface area contributed by atoms with Crippen LogP contribution >= 0.6 is 15.9 Å². The summed E-state index contributed by atoms with van der Waals surface area (Å²) in [6.45, 7) is 1.98. The van der Waals surface area contributed by atoms with Crippen LogP contribution < -0.4 is 5.32 Å². The Hall–Kier alpha value is -1.19. The van der Waals surface area contributed by atoms with Crippen molar-refractivity contribution in [3.63, 3.8) is 0 Å². The van der Waals surface area contributed by atoms with Gasteiger partial charge in [0.05, 0.1) is 0 Å². The first-order chi connectivity index (χ1) is 9.67. The summed E-state index contributed by atoms with van der Waals surface area (Å²) in [5, 5.41) is 3.37. The molecule has 0 amide bonds. The second-order valence-corrected chi connectivity index (χ2v) is 6.53. The Morgan fingerprint density at radius 2 is 1.80 bits per heavy atom. The Labute approximate surface area is 127 Å². The van der Waals surface area contributed by atoms with E-state index in [2.05, 4.69) is 45.5 Å². The van der Waals surface area contributed by atoms with Gasteiger partial charge in [-0.2, -0.15) is 0 Å². The first-order valence-electron chi connectivity index (χ1n) is 6.86. The quantitative estimate of drug-likeness (QED) is 0.892. The van der Waals surface area contributed by atoms with E-state index in [1.165, 1.54) is 11.6 Å². The van der Waals surface area contributed by atoms with Gasteiger partial charge in [-0.05, 0) is 42.2 Å². The van der Waals surface area contributed by atoms with Gasteiger partial charge < -0.3 is 5.32 Å². The molecule has 0 saturated carbocycles.